The lowest BCUT2D eigenvalue weighted by Crippen LogP contribution is -2.55. The summed E-state index contributed by atoms with van der Waals surface area (Å²) in [5.74, 6) is 3.90. The molecule has 5 rings (SSSR count). The summed E-state index contributed by atoms with van der Waals surface area (Å²) in [5.41, 5.74) is 1.04. The van der Waals surface area contributed by atoms with E-state index in [2.05, 4.69) is 6.92 Å². The third kappa shape index (κ3) is 2.06. The maximum atomic E-state index is 6.27. The highest BCUT2D eigenvalue weighted by molar-refractivity contribution is 5.11. The summed E-state index contributed by atoms with van der Waals surface area (Å²) in [4.78, 5) is 0. The SMILES string of the molecule is C[C@]12CCCC[C@@H]1CC[C@H]1[C@@H]3CCC4OCCOC[C@@]43CC[C@@H]12. The van der Waals surface area contributed by atoms with Crippen molar-refractivity contribution in [3.8, 4) is 0 Å². The largest absolute Gasteiger partial charge is 0.378 e. The number of hydrogen-bond acceptors (Lipinski definition) is 2. The molecule has 23 heavy (non-hydrogen) atoms. The van der Waals surface area contributed by atoms with Gasteiger partial charge in [-0.3, -0.25) is 0 Å². The molecule has 1 spiro atoms. The van der Waals surface area contributed by atoms with E-state index in [1.165, 1.54) is 64.2 Å². The molecule has 4 saturated carbocycles. The second-order valence-corrected chi connectivity index (χ2v) is 9.66. The van der Waals surface area contributed by atoms with Crippen LogP contribution < -0.4 is 0 Å². The lowest BCUT2D eigenvalue weighted by Gasteiger charge is -2.60. The summed E-state index contributed by atoms with van der Waals surface area (Å²) in [6.45, 7) is 5.32. The van der Waals surface area contributed by atoms with Crippen molar-refractivity contribution in [2.45, 2.75) is 77.2 Å². The number of ether oxygens (including phenoxy) is 2. The van der Waals surface area contributed by atoms with Gasteiger partial charge in [-0.1, -0.05) is 19.8 Å². The van der Waals surface area contributed by atoms with Crippen molar-refractivity contribution >= 4 is 0 Å². The quantitative estimate of drug-likeness (QED) is 0.638. The molecule has 5 fully saturated rings. The van der Waals surface area contributed by atoms with Crippen LogP contribution in [0.2, 0.25) is 0 Å². The van der Waals surface area contributed by atoms with E-state index >= 15 is 0 Å². The van der Waals surface area contributed by atoms with Gasteiger partial charge in [0.05, 0.1) is 25.9 Å². The molecule has 0 aromatic heterocycles. The van der Waals surface area contributed by atoms with E-state index in [-0.39, 0.29) is 0 Å². The molecule has 5 aliphatic rings. The van der Waals surface area contributed by atoms with Crippen molar-refractivity contribution in [2.75, 3.05) is 19.8 Å². The van der Waals surface area contributed by atoms with Crippen molar-refractivity contribution in [3.05, 3.63) is 0 Å². The Hall–Kier alpha value is -0.0800. The van der Waals surface area contributed by atoms with Gasteiger partial charge in [0.2, 0.25) is 0 Å². The van der Waals surface area contributed by atoms with Gasteiger partial charge in [0.25, 0.3) is 0 Å². The standard InChI is InChI=1S/C21H34O2/c1-20-10-3-2-4-15(20)5-6-16-17(20)9-11-21-14-22-12-13-23-19(21)8-7-18(16)21/h15-19H,2-14H2,1H3/t15-,16-,17+,18+,19?,20+,21-/m1/s1. The zero-order chi connectivity index (χ0) is 15.5. The molecule has 1 saturated heterocycles. The first-order chi connectivity index (χ1) is 11.2. The van der Waals surface area contributed by atoms with E-state index in [0.717, 1.165) is 43.5 Å². The van der Waals surface area contributed by atoms with Crippen molar-refractivity contribution in [1.29, 1.82) is 0 Å². The molecule has 0 bridgehead atoms. The van der Waals surface area contributed by atoms with Crippen molar-refractivity contribution < 1.29 is 9.47 Å². The fourth-order valence-electron chi connectivity index (χ4n) is 8.09. The van der Waals surface area contributed by atoms with Crippen LogP contribution in [0.15, 0.2) is 0 Å². The molecule has 130 valence electrons. The fraction of sp³-hybridized carbons (Fsp3) is 1.00. The topological polar surface area (TPSA) is 18.5 Å². The predicted octanol–water partition coefficient (Wildman–Crippen LogP) is 4.81. The van der Waals surface area contributed by atoms with Crippen LogP contribution in [0, 0.1) is 34.5 Å². The van der Waals surface area contributed by atoms with Crippen LogP contribution in [-0.4, -0.2) is 25.9 Å². The molecule has 1 heterocycles. The van der Waals surface area contributed by atoms with Gasteiger partial charge < -0.3 is 9.47 Å². The fourth-order valence-corrected chi connectivity index (χ4v) is 8.09. The molecular formula is C21H34O2. The van der Waals surface area contributed by atoms with E-state index in [9.17, 15) is 0 Å². The Morgan fingerprint density at radius 3 is 2.74 bits per heavy atom. The maximum Gasteiger partial charge on any atom is 0.0704 e. The zero-order valence-electron chi connectivity index (χ0n) is 14.9. The lowest BCUT2D eigenvalue weighted by molar-refractivity contribution is -0.139. The Kier molecular flexibility index (Phi) is 3.61. The number of hydrogen-bond donors (Lipinski definition) is 0. The van der Waals surface area contributed by atoms with E-state index in [4.69, 9.17) is 9.47 Å². The Morgan fingerprint density at radius 1 is 0.826 bits per heavy atom. The van der Waals surface area contributed by atoms with E-state index in [1.807, 2.05) is 0 Å². The minimum atomic E-state index is 0.384. The maximum absolute atomic E-state index is 6.27. The molecule has 7 atom stereocenters. The Balaban J connectivity index is 1.46. The molecule has 1 aliphatic heterocycles. The third-order valence-electron chi connectivity index (χ3n) is 9.14. The molecule has 1 unspecified atom stereocenters. The zero-order valence-corrected chi connectivity index (χ0v) is 14.9. The average molecular weight is 319 g/mol. The van der Waals surface area contributed by atoms with Gasteiger partial charge in [-0.25, -0.2) is 0 Å². The average Bonchev–Trinajstić information content (AvgIpc) is 2.81. The first-order valence-electron chi connectivity index (χ1n) is 10.4. The lowest BCUT2D eigenvalue weighted by atomic mass is 9.45. The van der Waals surface area contributed by atoms with Crippen LogP contribution in [0.3, 0.4) is 0 Å². The molecule has 0 N–H and O–H groups in total. The summed E-state index contributed by atoms with van der Waals surface area (Å²) < 4.78 is 12.3. The Labute approximate surface area is 141 Å². The highest BCUT2D eigenvalue weighted by Crippen LogP contribution is 2.66. The third-order valence-corrected chi connectivity index (χ3v) is 9.14. The molecule has 0 aromatic rings. The van der Waals surface area contributed by atoms with Gasteiger partial charge in [0.15, 0.2) is 0 Å². The second-order valence-electron chi connectivity index (χ2n) is 9.66. The van der Waals surface area contributed by atoms with Gasteiger partial charge in [-0.2, -0.15) is 0 Å². The van der Waals surface area contributed by atoms with Crippen LogP contribution in [0.4, 0.5) is 0 Å². The van der Waals surface area contributed by atoms with Gasteiger partial charge in [-0.05, 0) is 80.5 Å². The van der Waals surface area contributed by atoms with Crippen LogP contribution in [0.5, 0.6) is 0 Å². The minimum Gasteiger partial charge on any atom is -0.378 e. The number of fused-ring (bicyclic) bond motifs is 4. The highest BCUT2D eigenvalue weighted by Gasteiger charge is 2.62. The van der Waals surface area contributed by atoms with Gasteiger partial charge >= 0.3 is 0 Å². The van der Waals surface area contributed by atoms with Gasteiger partial charge in [-0.15, -0.1) is 0 Å². The molecule has 0 aromatic carbocycles. The highest BCUT2D eigenvalue weighted by atomic mass is 16.5. The van der Waals surface area contributed by atoms with Gasteiger partial charge in [0.1, 0.15) is 0 Å². The summed E-state index contributed by atoms with van der Waals surface area (Å²) in [6.07, 6.45) is 15.1. The molecule has 2 nitrogen and oxygen atoms in total. The Morgan fingerprint density at radius 2 is 1.78 bits per heavy atom. The van der Waals surface area contributed by atoms with E-state index in [1.54, 1.807) is 0 Å². The molecule has 0 radical (unpaired) electrons. The molecule has 4 aliphatic carbocycles. The summed E-state index contributed by atoms with van der Waals surface area (Å²) >= 11 is 0. The van der Waals surface area contributed by atoms with Crippen LogP contribution in [0.1, 0.15) is 71.1 Å². The smallest absolute Gasteiger partial charge is 0.0704 e. The van der Waals surface area contributed by atoms with Crippen molar-refractivity contribution in [2.24, 2.45) is 34.5 Å². The van der Waals surface area contributed by atoms with Crippen LogP contribution in [-0.2, 0) is 9.47 Å². The summed E-state index contributed by atoms with van der Waals surface area (Å²) in [5, 5.41) is 0. The molecule has 0 amide bonds. The summed E-state index contributed by atoms with van der Waals surface area (Å²) in [6, 6.07) is 0. The second kappa shape index (κ2) is 5.46. The Bertz CT molecular complexity index is 463. The first kappa shape index (κ1) is 15.2. The summed E-state index contributed by atoms with van der Waals surface area (Å²) in [7, 11) is 0. The normalized spacial score (nSPS) is 56.0. The van der Waals surface area contributed by atoms with Gasteiger partial charge in [0, 0.05) is 5.41 Å². The number of rotatable bonds is 0. The molecular weight excluding hydrogens is 284 g/mol. The van der Waals surface area contributed by atoms with Crippen molar-refractivity contribution in [1.82, 2.24) is 0 Å². The van der Waals surface area contributed by atoms with Crippen LogP contribution >= 0.6 is 0 Å². The van der Waals surface area contributed by atoms with E-state index in [0.29, 0.717) is 16.9 Å². The van der Waals surface area contributed by atoms with Crippen LogP contribution in [0.25, 0.3) is 0 Å². The molecule has 2 heteroatoms. The first-order valence-corrected chi connectivity index (χ1v) is 10.4. The van der Waals surface area contributed by atoms with Crippen molar-refractivity contribution in [3.63, 3.8) is 0 Å². The monoisotopic (exact) mass is 318 g/mol. The van der Waals surface area contributed by atoms with E-state index < -0.39 is 0 Å². The minimum absolute atomic E-state index is 0.384. The predicted molar refractivity (Wildman–Crippen MR) is 91.2 cm³/mol.